The summed E-state index contributed by atoms with van der Waals surface area (Å²) in [5.74, 6) is 0.0650. The van der Waals surface area contributed by atoms with E-state index in [1.54, 1.807) is 11.3 Å². The molecule has 1 amide bonds. The van der Waals surface area contributed by atoms with Gasteiger partial charge in [0.25, 0.3) is 0 Å². The molecule has 0 spiro atoms. The van der Waals surface area contributed by atoms with Gasteiger partial charge in [0.05, 0.1) is 10.7 Å². The average molecular weight is 265 g/mol. The van der Waals surface area contributed by atoms with Crippen LogP contribution >= 0.6 is 11.3 Å². The van der Waals surface area contributed by atoms with Crippen LogP contribution in [0.2, 0.25) is 0 Å². The van der Waals surface area contributed by atoms with Crippen molar-refractivity contribution in [2.45, 2.75) is 32.7 Å². The topological polar surface area (TPSA) is 54.0 Å². The van der Waals surface area contributed by atoms with Gasteiger partial charge in [-0.25, -0.2) is 4.98 Å². The third-order valence-corrected chi connectivity index (χ3v) is 4.14. The Morgan fingerprint density at radius 2 is 2.44 bits per heavy atom. The minimum atomic E-state index is -0.144. The fourth-order valence-corrected chi connectivity index (χ4v) is 2.83. The van der Waals surface area contributed by atoms with Crippen molar-refractivity contribution in [3.8, 4) is 0 Å². The van der Waals surface area contributed by atoms with E-state index in [1.165, 1.54) is 4.88 Å². The van der Waals surface area contributed by atoms with Gasteiger partial charge in [-0.05, 0) is 20.3 Å². The SMILES string of the molecule is Cc1nc(CCCNC(=O)C2C=CCN2)sc1C. The first-order valence-electron chi connectivity index (χ1n) is 6.27. The zero-order valence-electron chi connectivity index (χ0n) is 10.8. The maximum atomic E-state index is 11.7. The van der Waals surface area contributed by atoms with Gasteiger partial charge in [0.1, 0.15) is 6.04 Å². The Labute approximate surface area is 112 Å². The molecule has 0 aliphatic carbocycles. The lowest BCUT2D eigenvalue weighted by Gasteiger charge is -2.09. The summed E-state index contributed by atoms with van der Waals surface area (Å²) in [6.07, 6.45) is 5.76. The van der Waals surface area contributed by atoms with Gasteiger partial charge in [0.2, 0.25) is 5.91 Å². The Morgan fingerprint density at radius 3 is 3.06 bits per heavy atom. The van der Waals surface area contributed by atoms with E-state index in [1.807, 2.05) is 19.1 Å². The quantitative estimate of drug-likeness (QED) is 0.624. The molecular formula is C13H19N3OS. The lowest BCUT2D eigenvalue weighted by atomic mass is 10.2. The molecule has 2 N–H and O–H groups in total. The molecular weight excluding hydrogens is 246 g/mol. The van der Waals surface area contributed by atoms with Crippen LogP contribution in [0.5, 0.6) is 0 Å². The first-order chi connectivity index (χ1) is 8.66. The molecule has 1 atom stereocenters. The molecule has 5 heteroatoms. The molecule has 0 radical (unpaired) electrons. The van der Waals surface area contributed by atoms with Gasteiger partial charge in [-0.1, -0.05) is 12.2 Å². The zero-order chi connectivity index (χ0) is 13.0. The summed E-state index contributed by atoms with van der Waals surface area (Å²) in [5, 5.41) is 7.20. The third kappa shape index (κ3) is 3.40. The molecule has 1 aromatic rings. The van der Waals surface area contributed by atoms with E-state index in [4.69, 9.17) is 0 Å². The number of hydrogen-bond acceptors (Lipinski definition) is 4. The van der Waals surface area contributed by atoms with Crippen LogP contribution in [0, 0.1) is 13.8 Å². The molecule has 2 rings (SSSR count). The van der Waals surface area contributed by atoms with Crippen LogP contribution in [0.25, 0.3) is 0 Å². The largest absolute Gasteiger partial charge is 0.354 e. The van der Waals surface area contributed by atoms with Gasteiger partial charge in [-0.3, -0.25) is 10.1 Å². The Bertz CT molecular complexity index is 434. The molecule has 1 unspecified atom stereocenters. The minimum Gasteiger partial charge on any atom is -0.354 e. The summed E-state index contributed by atoms with van der Waals surface area (Å²) in [4.78, 5) is 17.5. The van der Waals surface area contributed by atoms with Crippen LogP contribution in [-0.2, 0) is 11.2 Å². The lowest BCUT2D eigenvalue weighted by Crippen LogP contribution is -2.40. The number of nitrogens with zero attached hydrogens (tertiary/aromatic N) is 1. The second-order valence-corrected chi connectivity index (χ2v) is 5.75. The van der Waals surface area contributed by atoms with Crippen molar-refractivity contribution in [3.05, 3.63) is 27.7 Å². The number of nitrogens with one attached hydrogen (secondary N) is 2. The zero-order valence-corrected chi connectivity index (χ0v) is 11.6. The summed E-state index contributed by atoms with van der Waals surface area (Å²) in [6, 6.07) is -0.144. The highest BCUT2D eigenvalue weighted by Gasteiger charge is 2.16. The molecule has 1 aliphatic heterocycles. The van der Waals surface area contributed by atoms with Crippen LogP contribution < -0.4 is 10.6 Å². The smallest absolute Gasteiger partial charge is 0.241 e. The average Bonchev–Trinajstić information content (AvgIpc) is 2.96. The van der Waals surface area contributed by atoms with Crippen molar-refractivity contribution < 1.29 is 4.79 Å². The maximum absolute atomic E-state index is 11.7. The summed E-state index contributed by atoms with van der Waals surface area (Å²) in [5.41, 5.74) is 1.12. The number of carbonyl (C=O) groups is 1. The van der Waals surface area contributed by atoms with E-state index in [0.29, 0.717) is 6.54 Å². The van der Waals surface area contributed by atoms with E-state index >= 15 is 0 Å². The standard InChI is InChI=1S/C13H19N3OS/c1-9-10(2)18-12(16-9)6-4-8-15-13(17)11-5-3-7-14-11/h3,5,11,14H,4,6-8H2,1-2H3,(H,15,17). The highest BCUT2D eigenvalue weighted by molar-refractivity contribution is 7.11. The molecule has 0 bridgehead atoms. The number of hydrogen-bond donors (Lipinski definition) is 2. The first-order valence-corrected chi connectivity index (χ1v) is 7.09. The van der Waals surface area contributed by atoms with Crippen molar-refractivity contribution in [1.29, 1.82) is 0 Å². The number of rotatable bonds is 5. The van der Waals surface area contributed by atoms with Crippen LogP contribution in [0.3, 0.4) is 0 Å². The van der Waals surface area contributed by atoms with Gasteiger partial charge >= 0.3 is 0 Å². The number of aryl methyl sites for hydroxylation is 3. The molecule has 0 saturated heterocycles. The van der Waals surface area contributed by atoms with Crippen LogP contribution in [-0.4, -0.2) is 30.0 Å². The third-order valence-electron chi connectivity index (χ3n) is 3.01. The summed E-state index contributed by atoms with van der Waals surface area (Å²) >= 11 is 1.75. The van der Waals surface area contributed by atoms with Crippen molar-refractivity contribution in [3.63, 3.8) is 0 Å². The van der Waals surface area contributed by atoms with E-state index in [2.05, 4.69) is 22.5 Å². The van der Waals surface area contributed by atoms with Crippen LogP contribution in [0.4, 0.5) is 0 Å². The van der Waals surface area contributed by atoms with Crippen molar-refractivity contribution in [1.82, 2.24) is 15.6 Å². The summed E-state index contributed by atoms with van der Waals surface area (Å²) < 4.78 is 0. The fraction of sp³-hybridized carbons (Fsp3) is 0.538. The molecule has 98 valence electrons. The van der Waals surface area contributed by atoms with Crippen molar-refractivity contribution in [2.24, 2.45) is 0 Å². The highest BCUT2D eigenvalue weighted by Crippen LogP contribution is 2.17. The number of thiazole rings is 1. The van der Waals surface area contributed by atoms with Crippen LogP contribution in [0.15, 0.2) is 12.2 Å². The monoisotopic (exact) mass is 265 g/mol. The first kappa shape index (κ1) is 13.2. The molecule has 0 aromatic carbocycles. The Kier molecular flexibility index (Phi) is 4.49. The summed E-state index contributed by atoms with van der Waals surface area (Å²) in [6.45, 7) is 5.63. The molecule has 0 fully saturated rings. The Morgan fingerprint density at radius 1 is 1.61 bits per heavy atom. The molecule has 18 heavy (non-hydrogen) atoms. The number of aromatic nitrogens is 1. The van der Waals surface area contributed by atoms with Gasteiger partial charge in [0.15, 0.2) is 0 Å². The van der Waals surface area contributed by atoms with E-state index in [-0.39, 0.29) is 11.9 Å². The molecule has 4 nitrogen and oxygen atoms in total. The van der Waals surface area contributed by atoms with Gasteiger partial charge in [-0.15, -0.1) is 11.3 Å². The molecule has 0 saturated carbocycles. The number of amides is 1. The second kappa shape index (κ2) is 6.11. The summed E-state index contributed by atoms with van der Waals surface area (Å²) in [7, 11) is 0. The minimum absolute atomic E-state index is 0.0650. The van der Waals surface area contributed by atoms with Gasteiger partial charge in [0, 0.05) is 24.4 Å². The molecule has 1 aliphatic rings. The number of carbonyl (C=O) groups excluding carboxylic acids is 1. The van der Waals surface area contributed by atoms with Crippen molar-refractivity contribution >= 4 is 17.2 Å². The highest BCUT2D eigenvalue weighted by atomic mass is 32.1. The van der Waals surface area contributed by atoms with E-state index in [0.717, 1.165) is 30.1 Å². The van der Waals surface area contributed by atoms with Gasteiger partial charge in [-0.2, -0.15) is 0 Å². The molecule has 2 heterocycles. The normalized spacial score (nSPS) is 18.2. The van der Waals surface area contributed by atoms with Crippen molar-refractivity contribution in [2.75, 3.05) is 13.1 Å². The van der Waals surface area contributed by atoms with E-state index < -0.39 is 0 Å². The van der Waals surface area contributed by atoms with Gasteiger partial charge < -0.3 is 5.32 Å². The predicted octanol–water partition coefficient (Wildman–Crippen LogP) is 1.34. The Hall–Kier alpha value is -1.20. The predicted molar refractivity (Wildman–Crippen MR) is 73.8 cm³/mol. The van der Waals surface area contributed by atoms with E-state index in [9.17, 15) is 4.79 Å². The Balaban J connectivity index is 1.66. The lowest BCUT2D eigenvalue weighted by molar-refractivity contribution is -0.121. The molecule has 1 aromatic heterocycles. The second-order valence-electron chi connectivity index (χ2n) is 4.46. The maximum Gasteiger partial charge on any atom is 0.241 e. The van der Waals surface area contributed by atoms with Crippen LogP contribution in [0.1, 0.15) is 22.0 Å². The fourth-order valence-electron chi connectivity index (χ4n) is 1.85.